The molecule has 6 nitrogen and oxygen atoms in total. The lowest BCUT2D eigenvalue weighted by molar-refractivity contribution is -0.139. The molecule has 1 saturated heterocycles. The van der Waals surface area contributed by atoms with Crippen LogP contribution in [0, 0.1) is 5.92 Å². The van der Waals surface area contributed by atoms with Crippen LogP contribution in [0.3, 0.4) is 0 Å². The van der Waals surface area contributed by atoms with Crippen molar-refractivity contribution in [3.63, 3.8) is 0 Å². The van der Waals surface area contributed by atoms with Crippen molar-refractivity contribution in [2.75, 3.05) is 19.8 Å². The minimum atomic E-state index is 0.0197. The molecule has 25 heavy (non-hydrogen) atoms. The monoisotopic (exact) mass is 363 g/mol. The third-order valence-corrected chi connectivity index (χ3v) is 4.60. The lowest BCUT2D eigenvalue weighted by Crippen LogP contribution is -2.38. The Labute approximate surface area is 152 Å². The minimum absolute atomic E-state index is 0.0197. The molecule has 1 aromatic carbocycles. The highest BCUT2D eigenvalue weighted by Gasteiger charge is 2.27. The van der Waals surface area contributed by atoms with E-state index in [0.29, 0.717) is 48.7 Å². The van der Waals surface area contributed by atoms with Gasteiger partial charge in [-0.05, 0) is 31.4 Å². The lowest BCUT2D eigenvalue weighted by Gasteiger charge is -2.28. The Hall–Kier alpha value is -1.92. The van der Waals surface area contributed by atoms with Crippen molar-refractivity contribution in [1.82, 2.24) is 15.1 Å². The normalized spacial score (nSPS) is 15.3. The van der Waals surface area contributed by atoms with E-state index < -0.39 is 0 Å². The SMILES string of the molecule is CCCN(Cc1nnc(-c2ccccc2Cl)o1)C(=O)C1CCOCC1. The Morgan fingerprint density at radius 2 is 2.04 bits per heavy atom. The van der Waals surface area contributed by atoms with Crippen molar-refractivity contribution >= 4 is 17.5 Å². The number of benzene rings is 1. The van der Waals surface area contributed by atoms with E-state index in [1.807, 2.05) is 25.1 Å². The van der Waals surface area contributed by atoms with E-state index in [9.17, 15) is 4.79 Å². The Kier molecular flexibility index (Phi) is 6.04. The number of ether oxygens (including phenoxy) is 1. The number of nitrogens with zero attached hydrogens (tertiary/aromatic N) is 3. The van der Waals surface area contributed by atoms with Crippen LogP contribution in [0.2, 0.25) is 5.02 Å². The summed E-state index contributed by atoms with van der Waals surface area (Å²) >= 11 is 6.17. The van der Waals surface area contributed by atoms with E-state index in [4.69, 9.17) is 20.8 Å². The molecule has 1 aromatic heterocycles. The summed E-state index contributed by atoms with van der Waals surface area (Å²) in [5.41, 5.74) is 0.695. The van der Waals surface area contributed by atoms with Crippen molar-refractivity contribution in [1.29, 1.82) is 0 Å². The van der Waals surface area contributed by atoms with Gasteiger partial charge in [0.05, 0.1) is 17.1 Å². The molecule has 0 N–H and O–H groups in total. The van der Waals surface area contributed by atoms with E-state index in [1.54, 1.807) is 11.0 Å². The van der Waals surface area contributed by atoms with Gasteiger partial charge in [-0.2, -0.15) is 0 Å². The Balaban J connectivity index is 1.72. The van der Waals surface area contributed by atoms with Crippen LogP contribution in [0.4, 0.5) is 0 Å². The Morgan fingerprint density at radius 1 is 1.28 bits per heavy atom. The predicted molar refractivity (Wildman–Crippen MR) is 94.0 cm³/mol. The predicted octanol–water partition coefficient (Wildman–Crippen LogP) is 3.56. The van der Waals surface area contributed by atoms with Gasteiger partial charge in [0, 0.05) is 25.7 Å². The Morgan fingerprint density at radius 3 is 2.76 bits per heavy atom. The standard InChI is InChI=1S/C18H22ClN3O3/c1-2-9-22(18(23)13-7-10-24-11-8-13)12-16-20-21-17(25-16)14-5-3-4-6-15(14)19/h3-6,13H,2,7-12H2,1H3. The first kappa shape index (κ1) is 17.9. The average Bonchev–Trinajstić information content (AvgIpc) is 3.10. The zero-order valence-corrected chi connectivity index (χ0v) is 15.0. The molecular formula is C18H22ClN3O3. The van der Waals surface area contributed by atoms with Gasteiger partial charge in [0.25, 0.3) is 0 Å². The van der Waals surface area contributed by atoms with Gasteiger partial charge in [-0.1, -0.05) is 30.7 Å². The fourth-order valence-electron chi connectivity index (χ4n) is 2.96. The second kappa shape index (κ2) is 8.45. The van der Waals surface area contributed by atoms with Crippen molar-refractivity contribution in [3.05, 3.63) is 35.2 Å². The number of carbonyl (C=O) groups excluding carboxylic acids is 1. The topological polar surface area (TPSA) is 68.5 Å². The number of hydrogen-bond acceptors (Lipinski definition) is 5. The van der Waals surface area contributed by atoms with Crippen molar-refractivity contribution in [3.8, 4) is 11.5 Å². The molecule has 1 aliphatic heterocycles. The van der Waals surface area contributed by atoms with Gasteiger partial charge in [0.2, 0.25) is 17.7 Å². The maximum absolute atomic E-state index is 12.8. The summed E-state index contributed by atoms with van der Waals surface area (Å²) in [6.45, 7) is 4.33. The molecule has 134 valence electrons. The van der Waals surface area contributed by atoms with E-state index in [0.717, 1.165) is 19.3 Å². The average molecular weight is 364 g/mol. The van der Waals surface area contributed by atoms with Crippen LogP contribution in [-0.4, -0.2) is 40.8 Å². The van der Waals surface area contributed by atoms with Gasteiger partial charge in [-0.25, -0.2) is 0 Å². The number of rotatable bonds is 6. The number of carbonyl (C=O) groups is 1. The zero-order chi connectivity index (χ0) is 17.6. The number of amides is 1. The maximum Gasteiger partial charge on any atom is 0.249 e. The summed E-state index contributed by atoms with van der Waals surface area (Å²) in [4.78, 5) is 14.6. The summed E-state index contributed by atoms with van der Waals surface area (Å²) in [5.74, 6) is 0.952. The molecule has 2 aromatic rings. The summed E-state index contributed by atoms with van der Waals surface area (Å²) in [5, 5.41) is 8.72. The molecule has 0 unspecified atom stereocenters. The first-order chi connectivity index (χ1) is 12.2. The third-order valence-electron chi connectivity index (χ3n) is 4.27. The number of aromatic nitrogens is 2. The summed E-state index contributed by atoms with van der Waals surface area (Å²) in [6, 6.07) is 7.32. The smallest absolute Gasteiger partial charge is 0.249 e. The van der Waals surface area contributed by atoms with Gasteiger partial charge in [-0.15, -0.1) is 10.2 Å². The van der Waals surface area contributed by atoms with Gasteiger partial charge in [0.1, 0.15) is 0 Å². The van der Waals surface area contributed by atoms with Crippen LogP contribution in [0.5, 0.6) is 0 Å². The molecule has 7 heteroatoms. The summed E-state index contributed by atoms with van der Waals surface area (Å²) in [7, 11) is 0. The van der Waals surface area contributed by atoms with Crippen LogP contribution < -0.4 is 0 Å². The van der Waals surface area contributed by atoms with Crippen molar-refractivity contribution in [2.24, 2.45) is 5.92 Å². The highest BCUT2D eigenvalue weighted by atomic mass is 35.5. The Bertz CT molecular complexity index is 713. The van der Waals surface area contributed by atoms with Crippen LogP contribution in [0.25, 0.3) is 11.5 Å². The van der Waals surface area contributed by atoms with Gasteiger partial charge in [-0.3, -0.25) is 4.79 Å². The molecular weight excluding hydrogens is 342 g/mol. The van der Waals surface area contributed by atoms with Crippen LogP contribution in [0.15, 0.2) is 28.7 Å². The summed E-state index contributed by atoms with van der Waals surface area (Å²) < 4.78 is 11.1. The fraction of sp³-hybridized carbons (Fsp3) is 0.500. The molecule has 0 aliphatic carbocycles. The largest absolute Gasteiger partial charge is 0.419 e. The van der Waals surface area contributed by atoms with Crippen LogP contribution >= 0.6 is 11.6 Å². The molecule has 0 spiro atoms. The van der Waals surface area contributed by atoms with E-state index in [-0.39, 0.29) is 11.8 Å². The minimum Gasteiger partial charge on any atom is -0.419 e. The first-order valence-electron chi connectivity index (χ1n) is 8.63. The number of halogens is 1. The highest BCUT2D eigenvalue weighted by Crippen LogP contribution is 2.27. The van der Waals surface area contributed by atoms with E-state index in [2.05, 4.69) is 10.2 Å². The van der Waals surface area contributed by atoms with E-state index >= 15 is 0 Å². The first-order valence-corrected chi connectivity index (χ1v) is 9.00. The molecule has 2 heterocycles. The molecule has 0 atom stereocenters. The third kappa shape index (κ3) is 4.38. The highest BCUT2D eigenvalue weighted by molar-refractivity contribution is 6.33. The summed E-state index contributed by atoms with van der Waals surface area (Å²) in [6.07, 6.45) is 2.42. The molecule has 0 saturated carbocycles. The molecule has 1 amide bonds. The number of hydrogen-bond donors (Lipinski definition) is 0. The van der Waals surface area contributed by atoms with E-state index in [1.165, 1.54) is 0 Å². The van der Waals surface area contributed by atoms with Gasteiger partial charge >= 0.3 is 0 Å². The molecule has 0 radical (unpaired) electrons. The molecule has 1 fully saturated rings. The van der Waals surface area contributed by atoms with Crippen LogP contribution in [-0.2, 0) is 16.1 Å². The quantitative estimate of drug-likeness (QED) is 0.785. The zero-order valence-electron chi connectivity index (χ0n) is 14.3. The second-order valence-electron chi connectivity index (χ2n) is 6.13. The van der Waals surface area contributed by atoms with Gasteiger partial charge in [0.15, 0.2) is 0 Å². The van der Waals surface area contributed by atoms with Crippen molar-refractivity contribution < 1.29 is 13.9 Å². The van der Waals surface area contributed by atoms with Crippen molar-refractivity contribution in [2.45, 2.75) is 32.7 Å². The molecule has 1 aliphatic rings. The molecule has 3 rings (SSSR count). The second-order valence-corrected chi connectivity index (χ2v) is 6.53. The molecule has 0 bridgehead atoms. The lowest BCUT2D eigenvalue weighted by atomic mass is 9.98. The van der Waals surface area contributed by atoms with Gasteiger partial charge < -0.3 is 14.1 Å². The maximum atomic E-state index is 12.8. The van der Waals surface area contributed by atoms with Crippen LogP contribution in [0.1, 0.15) is 32.1 Å². The fourth-order valence-corrected chi connectivity index (χ4v) is 3.18.